The van der Waals surface area contributed by atoms with E-state index in [-0.39, 0.29) is 6.04 Å². The summed E-state index contributed by atoms with van der Waals surface area (Å²) in [6.07, 6.45) is 7.23. The van der Waals surface area contributed by atoms with Crippen LogP contribution in [0.25, 0.3) is 0 Å². The second-order valence-corrected chi connectivity index (χ2v) is 6.76. The number of ether oxygens (including phenoxy) is 1. The fourth-order valence-electron chi connectivity index (χ4n) is 3.56. The summed E-state index contributed by atoms with van der Waals surface area (Å²) in [7, 11) is 1.81. The molecule has 3 heteroatoms. The Morgan fingerprint density at radius 3 is 2.78 bits per heavy atom. The Morgan fingerprint density at radius 2 is 2.11 bits per heavy atom. The van der Waals surface area contributed by atoms with E-state index < -0.39 is 0 Å². The SMILES string of the molecule is COC1CC(n2ccc3c2CC(C)(C)CC3N)C1. The lowest BCUT2D eigenvalue weighted by molar-refractivity contribution is 0.00498. The molecular formula is C15H24N2O. The lowest BCUT2D eigenvalue weighted by Gasteiger charge is -2.40. The van der Waals surface area contributed by atoms with Crippen molar-refractivity contribution in [3.8, 4) is 0 Å². The van der Waals surface area contributed by atoms with E-state index in [2.05, 4.69) is 30.7 Å². The molecule has 0 aliphatic heterocycles. The van der Waals surface area contributed by atoms with Crippen LogP contribution in [0.1, 0.15) is 56.5 Å². The molecule has 18 heavy (non-hydrogen) atoms. The van der Waals surface area contributed by atoms with Crippen molar-refractivity contribution in [3.05, 3.63) is 23.5 Å². The zero-order valence-electron chi connectivity index (χ0n) is 11.6. The fraction of sp³-hybridized carbons (Fsp3) is 0.733. The third kappa shape index (κ3) is 1.90. The fourth-order valence-corrected chi connectivity index (χ4v) is 3.56. The molecule has 1 aromatic heterocycles. The molecule has 1 heterocycles. The number of hydrogen-bond acceptors (Lipinski definition) is 2. The molecule has 2 N–H and O–H groups in total. The van der Waals surface area contributed by atoms with Gasteiger partial charge in [0.05, 0.1) is 6.10 Å². The predicted octanol–water partition coefficient (Wildman–Crippen LogP) is 2.81. The van der Waals surface area contributed by atoms with Gasteiger partial charge in [-0.25, -0.2) is 0 Å². The maximum Gasteiger partial charge on any atom is 0.0610 e. The summed E-state index contributed by atoms with van der Waals surface area (Å²) in [4.78, 5) is 0. The monoisotopic (exact) mass is 248 g/mol. The van der Waals surface area contributed by atoms with E-state index >= 15 is 0 Å². The molecule has 3 nitrogen and oxygen atoms in total. The van der Waals surface area contributed by atoms with E-state index in [0.717, 1.165) is 25.7 Å². The Hall–Kier alpha value is -0.800. The van der Waals surface area contributed by atoms with Gasteiger partial charge in [-0.1, -0.05) is 13.8 Å². The van der Waals surface area contributed by atoms with Gasteiger partial charge in [-0.05, 0) is 42.7 Å². The molecule has 0 spiro atoms. The van der Waals surface area contributed by atoms with E-state index in [1.165, 1.54) is 11.3 Å². The van der Waals surface area contributed by atoms with Crippen LogP contribution in [0.5, 0.6) is 0 Å². The molecule has 3 rings (SSSR count). The van der Waals surface area contributed by atoms with Gasteiger partial charge < -0.3 is 15.0 Å². The highest BCUT2D eigenvalue weighted by atomic mass is 16.5. The Kier molecular flexibility index (Phi) is 2.79. The van der Waals surface area contributed by atoms with Crippen molar-refractivity contribution >= 4 is 0 Å². The minimum Gasteiger partial charge on any atom is -0.381 e. The lowest BCUT2D eigenvalue weighted by Crippen LogP contribution is -2.36. The van der Waals surface area contributed by atoms with Crippen molar-refractivity contribution < 1.29 is 4.74 Å². The topological polar surface area (TPSA) is 40.2 Å². The minimum atomic E-state index is 0.211. The number of rotatable bonds is 2. The summed E-state index contributed by atoms with van der Waals surface area (Å²) in [6.45, 7) is 4.65. The second-order valence-electron chi connectivity index (χ2n) is 6.76. The van der Waals surface area contributed by atoms with Gasteiger partial charge in [0.2, 0.25) is 0 Å². The molecule has 1 aromatic rings. The Morgan fingerprint density at radius 1 is 1.39 bits per heavy atom. The standard InChI is InChI=1S/C15H24N2O/c1-15(2)8-13(16)12-4-5-17(14(12)9-15)10-6-11(7-10)18-3/h4-5,10-11,13H,6-9,16H2,1-3H3. The highest BCUT2D eigenvalue weighted by Gasteiger charge is 2.36. The molecule has 100 valence electrons. The number of nitrogens with zero attached hydrogens (tertiary/aromatic N) is 1. The first-order valence-electron chi connectivity index (χ1n) is 6.98. The summed E-state index contributed by atoms with van der Waals surface area (Å²) < 4.78 is 7.85. The first-order valence-corrected chi connectivity index (χ1v) is 6.98. The largest absolute Gasteiger partial charge is 0.381 e. The third-order valence-electron chi connectivity index (χ3n) is 4.67. The number of fused-ring (bicyclic) bond motifs is 1. The first-order chi connectivity index (χ1) is 8.50. The van der Waals surface area contributed by atoms with Gasteiger partial charge >= 0.3 is 0 Å². The van der Waals surface area contributed by atoms with Crippen molar-refractivity contribution in [1.29, 1.82) is 0 Å². The van der Waals surface area contributed by atoms with Crippen LogP contribution >= 0.6 is 0 Å². The average Bonchev–Trinajstić information content (AvgIpc) is 2.59. The van der Waals surface area contributed by atoms with Crippen molar-refractivity contribution in [2.45, 2.75) is 57.7 Å². The Bertz CT molecular complexity index is 443. The van der Waals surface area contributed by atoms with E-state index in [1.807, 2.05) is 7.11 Å². The van der Waals surface area contributed by atoms with Crippen LogP contribution in [0, 0.1) is 5.41 Å². The Labute approximate surface area is 109 Å². The number of nitrogens with two attached hydrogens (primary N) is 1. The van der Waals surface area contributed by atoms with Crippen LogP contribution in [0.3, 0.4) is 0 Å². The van der Waals surface area contributed by atoms with Gasteiger partial charge in [-0.15, -0.1) is 0 Å². The van der Waals surface area contributed by atoms with E-state index in [4.69, 9.17) is 10.5 Å². The van der Waals surface area contributed by atoms with Gasteiger partial charge in [0, 0.05) is 31.1 Å². The summed E-state index contributed by atoms with van der Waals surface area (Å²) >= 11 is 0. The second kappa shape index (κ2) is 4.10. The summed E-state index contributed by atoms with van der Waals surface area (Å²) in [6, 6.07) is 3.07. The first kappa shape index (κ1) is 12.2. The van der Waals surface area contributed by atoms with Crippen molar-refractivity contribution in [1.82, 2.24) is 4.57 Å². The summed E-state index contributed by atoms with van der Waals surface area (Å²) in [5, 5.41) is 0. The summed E-state index contributed by atoms with van der Waals surface area (Å²) in [5.74, 6) is 0. The van der Waals surface area contributed by atoms with E-state index in [1.54, 1.807) is 0 Å². The van der Waals surface area contributed by atoms with Gasteiger partial charge in [0.1, 0.15) is 0 Å². The maximum absolute atomic E-state index is 6.31. The molecular weight excluding hydrogens is 224 g/mol. The number of methoxy groups -OCH3 is 1. The van der Waals surface area contributed by atoms with Crippen LogP contribution in [-0.2, 0) is 11.2 Å². The minimum absolute atomic E-state index is 0.211. The number of aromatic nitrogens is 1. The molecule has 0 aromatic carbocycles. The molecule has 1 saturated carbocycles. The van der Waals surface area contributed by atoms with Crippen LogP contribution in [0.4, 0.5) is 0 Å². The van der Waals surface area contributed by atoms with Crippen LogP contribution in [0.2, 0.25) is 0 Å². The zero-order chi connectivity index (χ0) is 12.9. The van der Waals surface area contributed by atoms with E-state index in [0.29, 0.717) is 17.6 Å². The Balaban J connectivity index is 1.86. The maximum atomic E-state index is 6.31. The molecule has 0 amide bonds. The van der Waals surface area contributed by atoms with Crippen molar-refractivity contribution in [3.63, 3.8) is 0 Å². The lowest BCUT2D eigenvalue weighted by atomic mass is 9.74. The normalized spacial score (nSPS) is 33.9. The van der Waals surface area contributed by atoms with Crippen molar-refractivity contribution in [2.75, 3.05) is 7.11 Å². The molecule has 1 fully saturated rings. The number of hydrogen-bond donors (Lipinski definition) is 1. The average molecular weight is 248 g/mol. The summed E-state index contributed by atoms with van der Waals surface area (Å²) in [5.41, 5.74) is 9.48. The molecule has 2 aliphatic carbocycles. The molecule has 2 aliphatic rings. The van der Waals surface area contributed by atoms with Gasteiger partial charge in [0.25, 0.3) is 0 Å². The van der Waals surface area contributed by atoms with E-state index in [9.17, 15) is 0 Å². The molecule has 1 unspecified atom stereocenters. The molecule has 0 radical (unpaired) electrons. The zero-order valence-corrected chi connectivity index (χ0v) is 11.6. The molecule has 0 saturated heterocycles. The quantitative estimate of drug-likeness (QED) is 0.874. The molecule has 0 bridgehead atoms. The van der Waals surface area contributed by atoms with Crippen LogP contribution < -0.4 is 5.73 Å². The van der Waals surface area contributed by atoms with Gasteiger partial charge in [0.15, 0.2) is 0 Å². The highest BCUT2D eigenvalue weighted by Crippen LogP contribution is 2.43. The third-order valence-corrected chi connectivity index (χ3v) is 4.67. The highest BCUT2D eigenvalue weighted by molar-refractivity contribution is 5.31. The molecule has 1 atom stereocenters. The smallest absolute Gasteiger partial charge is 0.0610 e. The van der Waals surface area contributed by atoms with Gasteiger partial charge in [-0.2, -0.15) is 0 Å². The predicted molar refractivity (Wildman–Crippen MR) is 72.5 cm³/mol. The van der Waals surface area contributed by atoms with Crippen molar-refractivity contribution in [2.24, 2.45) is 11.1 Å². The van der Waals surface area contributed by atoms with Gasteiger partial charge in [-0.3, -0.25) is 0 Å². The van der Waals surface area contributed by atoms with Crippen LogP contribution in [-0.4, -0.2) is 17.8 Å². The van der Waals surface area contributed by atoms with Crippen LogP contribution in [0.15, 0.2) is 12.3 Å².